The molecule has 1 fully saturated rings. The molecule has 1 aliphatic carbocycles. The summed E-state index contributed by atoms with van der Waals surface area (Å²) in [4.78, 5) is 17.4. The van der Waals surface area contributed by atoms with Crippen molar-refractivity contribution in [2.75, 3.05) is 13.7 Å². The highest BCUT2D eigenvalue weighted by molar-refractivity contribution is 5.97. The number of benzene rings is 2. The second-order valence-electron chi connectivity index (χ2n) is 7.94. The number of carbonyl (C=O) groups excluding carboxylic acids is 1. The van der Waals surface area contributed by atoms with Crippen molar-refractivity contribution in [2.24, 2.45) is 5.92 Å². The average Bonchev–Trinajstić information content (AvgIpc) is 3.65. The summed E-state index contributed by atoms with van der Waals surface area (Å²) in [5.74, 6) is -0.658. The number of aliphatic hydroxyl groups is 1. The van der Waals surface area contributed by atoms with E-state index < -0.39 is 17.5 Å². The van der Waals surface area contributed by atoms with Crippen molar-refractivity contribution < 1.29 is 28.2 Å². The third kappa shape index (κ3) is 5.46. The standard InChI is InChI=1S/C25H24F2N2O4/c1-32-23-7-4-16(8-22(23)27)11-28-24(31)21-10-17(12-29-25(21)33-14-15-2-3-15)20-6-5-19(26)9-18(20)13-30/h4-10,12,15,30H,2-3,11,13-14H2,1H3,(H,28,31). The van der Waals surface area contributed by atoms with Crippen molar-refractivity contribution in [1.82, 2.24) is 10.3 Å². The highest BCUT2D eigenvalue weighted by Gasteiger charge is 2.24. The molecule has 3 aromatic rings. The first kappa shape index (κ1) is 22.7. The third-order valence-electron chi connectivity index (χ3n) is 5.47. The summed E-state index contributed by atoms with van der Waals surface area (Å²) < 4.78 is 38.3. The minimum atomic E-state index is -0.519. The number of halogens is 2. The van der Waals surface area contributed by atoms with E-state index in [2.05, 4.69) is 10.3 Å². The number of ether oxygens (including phenoxy) is 2. The molecule has 0 bridgehead atoms. The van der Waals surface area contributed by atoms with Gasteiger partial charge in [-0.05, 0) is 65.8 Å². The Labute approximate surface area is 190 Å². The molecule has 2 aromatic carbocycles. The van der Waals surface area contributed by atoms with Crippen LogP contribution in [-0.2, 0) is 13.2 Å². The number of hydrogen-bond donors (Lipinski definition) is 2. The van der Waals surface area contributed by atoms with E-state index in [1.165, 1.54) is 43.6 Å². The fourth-order valence-corrected chi connectivity index (χ4v) is 3.43. The highest BCUT2D eigenvalue weighted by Crippen LogP contribution is 2.32. The summed E-state index contributed by atoms with van der Waals surface area (Å²) in [6.45, 7) is 0.191. The van der Waals surface area contributed by atoms with Crippen molar-refractivity contribution in [3.8, 4) is 22.8 Å². The molecule has 0 unspecified atom stereocenters. The van der Waals surface area contributed by atoms with Crippen molar-refractivity contribution in [2.45, 2.75) is 26.0 Å². The second-order valence-corrected chi connectivity index (χ2v) is 7.94. The molecule has 172 valence electrons. The van der Waals surface area contributed by atoms with E-state index in [1.807, 2.05) is 0 Å². The lowest BCUT2D eigenvalue weighted by atomic mass is 10.00. The van der Waals surface area contributed by atoms with Crippen molar-refractivity contribution in [1.29, 1.82) is 0 Å². The Morgan fingerprint density at radius 3 is 2.70 bits per heavy atom. The molecule has 0 saturated heterocycles. The van der Waals surface area contributed by atoms with Gasteiger partial charge in [0.1, 0.15) is 11.4 Å². The maximum atomic E-state index is 14.0. The van der Waals surface area contributed by atoms with Crippen LogP contribution in [-0.4, -0.2) is 29.7 Å². The summed E-state index contributed by atoms with van der Waals surface area (Å²) in [6, 6.07) is 10.1. The van der Waals surface area contributed by atoms with Gasteiger partial charge in [-0.3, -0.25) is 4.79 Å². The number of hydrogen-bond acceptors (Lipinski definition) is 5. The predicted octanol–water partition coefficient (Wildman–Crippen LogP) is 4.25. The lowest BCUT2D eigenvalue weighted by Gasteiger charge is -2.14. The van der Waals surface area contributed by atoms with Gasteiger partial charge in [-0.2, -0.15) is 0 Å². The molecule has 0 atom stereocenters. The molecule has 1 saturated carbocycles. The molecule has 1 amide bonds. The number of rotatable bonds is 9. The van der Waals surface area contributed by atoms with E-state index in [1.54, 1.807) is 12.1 Å². The van der Waals surface area contributed by atoms with Crippen LogP contribution in [0.3, 0.4) is 0 Å². The topological polar surface area (TPSA) is 80.7 Å². The third-order valence-corrected chi connectivity index (χ3v) is 5.47. The predicted molar refractivity (Wildman–Crippen MR) is 118 cm³/mol. The fourth-order valence-electron chi connectivity index (χ4n) is 3.43. The monoisotopic (exact) mass is 454 g/mol. The summed E-state index contributed by atoms with van der Waals surface area (Å²) >= 11 is 0. The first-order chi connectivity index (χ1) is 16.0. The number of pyridine rings is 1. The number of amides is 1. The zero-order chi connectivity index (χ0) is 23.4. The Kier molecular flexibility index (Phi) is 6.84. The molecule has 0 aliphatic heterocycles. The molecule has 2 N–H and O–H groups in total. The smallest absolute Gasteiger partial charge is 0.257 e. The number of methoxy groups -OCH3 is 1. The fraction of sp³-hybridized carbons (Fsp3) is 0.280. The second kappa shape index (κ2) is 9.95. The minimum absolute atomic E-state index is 0.0878. The molecular formula is C25H24F2N2O4. The molecule has 1 aliphatic rings. The van der Waals surface area contributed by atoms with Gasteiger partial charge >= 0.3 is 0 Å². The first-order valence-electron chi connectivity index (χ1n) is 10.6. The van der Waals surface area contributed by atoms with E-state index >= 15 is 0 Å². The largest absolute Gasteiger partial charge is 0.494 e. The lowest BCUT2D eigenvalue weighted by molar-refractivity contribution is 0.0945. The minimum Gasteiger partial charge on any atom is -0.494 e. The van der Waals surface area contributed by atoms with Crippen LogP contribution in [0.2, 0.25) is 0 Å². The van der Waals surface area contributed by atoms with Crippen molar-refractivity contribution in [3.05, 3.63) is 77.0 Å². The molecule has 33 heavy (non-hydrogen) atoms. The van der Waals surface area contributed by atoms with Crippen LogP contribution >= 0.6 is 0 Å². The van der Waals surface area contributed by atoms with Crippen molar-refractivity contribution >= 4 is 5.91 Å². The number of carbonyl (C=O) groups is 1. The van der Waals surface area contributed by atoms with E-state index in [-0.39, 0.29) is 30.3 Å². The molecule has 8 heteroatoms. The van der Waals surface area contributed by atoms with Gasteiger partial charge in [-0.15, -0.1) is 0 Å². The normalized spacial score (nSPS) is 13.0. The van der Waals surface area contributed by atoms with E-state index in [9.17, 15) is 18.7 Å². The summed E-state index contributed by atoms with van der Waals surface area (Å²) in [5, 5.41) is 12.4. The molecule has 0 spiro atoms. The van der Waals surface area contributed by atoms with E-state index in [0.29, 0.717) is 34.8 Å². The quantitative estimate of drug-likeness (QED) is 0.505. The summed E-state index contributed by atoms with van der Waals surface area (Å²) in [6.07, 6.45) is 3.69. The van der Waals surface area contributed by atoms with Gasteiger partial charge < -0.3 is 19.9 Å². The van der Waals surface area contributed by atoms with Gasteiger partial charge in [0.25, 0.3) is 5.91 Å². The average molecular weight is 454 g/mol. The van der Waals surface area contributed by atoms with Crippen LogP contribution in [0.4, 0.5) is 8.78 Å². The zero-order valence-electron chi connectivity index (χ0n) is 18.1. The van der Waals surface area contributed by atoms with Crippen LogP contribution in [0.25, 0.3) is 11.1 Å². The molecule has 0 radical (unpaired) electrons. The van der Waals surface area contributed by atoms with Crippen LogP contribution in [0, 0.1) is 17.6 Å². The molecule has 4 rings (SSSR count). The number of aromatic nitrogens is 1. The van der Waals surface area contributed by atoms with Crippen LogP contribution < -0.4 is 14.8 Å². The summed E-state index contributed by atoms with van der Waals surface area (Å²) in [5.41, 5.74) is 2.25. The molecular weight excluding hydrogens is 430 g/mol. The zero-order valence-corrected chi connectivity index (χ0v) is 18.1. The van der Waals surface area contributed by atoms with E-state index in [0.717, 1.165) is 12.8 Å². The van der Waals surface area contributed by atoms with Crippen LogP contribution in [0.5, 0.6) is 11.6 Å². The van der Waals surface area contributed by atoms with Gasteiger partial charge in [0.05, 0.1) is 20.3 Å². The summed E-state index contributed by atoms with van der Waals surface area (Å²) in [7, 11) is 1.38. The van der Waals surface area contributed by atoms with Crippen LogP contribution in [0.1, 0.15) is 34.3 Å². The van der Waals surface area contributed by atoms with Gasteiger partial charge in [-0.25, -0.2) is 13.8 Å². The molecule has 6 nitrogen and oxygen atoms in total. The Balaban J connectivity index is 1.60. The van der Waals surface area contributed by atoms with E-state index in [4.69, 9.17) is 9.47 Å². The number of nitrogens with one attached hydrogen (secondary N) is 1. The maximum Gasteiger partial charge on any atom is 0.257 e. The van der Waals surface area contributed by atoms with Gasteiger partial charge in [0, 0.05) is 18.3 Å². The Morgan fingerprint density at radius 2 is 2.00 bits per heavy atom. The van der Waals surface area contributed by atoms with Crippen LogP contribution in [0.15, 0.2) is 48.7 Å². The van der Waals surface area contributed by atoms with Gasteiger partial charge in [0.15, 0.2) is 11.6 Å². The van der Waals surface area contributed by atoms with Gasteiger partial charge in [0.2, 0.25) is 5.88 Å². The first-order valence-corrected chi connectivity index (χ1v) is 10.6. The Bertz CT molecular complexity index is 1170. The number of nitrogens with zero attached hydrogens (tertiary/aromatic N) is 1. The molecule has 1 heterocycles. The maximum absolute atomic E-state index is 14.0. The SMILES string of the molecule is COc1ccc(CNC(=O)c2cc(-c3ccc(F)cc3CO)cnc2OCC2CC2)cc1F. The Morgan fingerprint density at radius 1 is 1.18 bits per heavy atom. The highest BCUT2D eigenvalue weighted by atomic mass is 19.1. The van der Waals surface area contributed by atoms with Crippen molar-refractivity contribution in [3.63, 3.8) is 0 Å². The van der Waals surface area contributed by atoms with Gasteiger partial charge in [-0.1, -0.05) is 12.1 Å². The Hall–Kier alpha value is -3.52. The lowest BCUT2D eigenvalue weighted by Crippen LogP contribution is -2.24. The molecule has 1 aromatic heterocycles. The number of aliphatic hydroxyl groups excluding tert-OH is 1.